The molecular weight excluding hydrogens is 374 g/mol. The Morgan fingerprint density at radius 3 is 2.54 bits per heavy atom. The normalized spacial score (nSPS) is 23.6. The summed E-state index contributed by atoms with van der Waals surface area (Å²) in [6.07, 6.45) is 5.42. The molecular formula is C21H27N3O3S. The summed E-state index contributed by atoms with van der Waals surface area (Å²) in [5.41, 5.74) is 1.19. The molecule has 2 aromatic rings. The fraction of sp³-hybridized carbons (Fsp3) is 0.667. The molecule has 5 rings (SSSR count). The predicted molar refractivity (Wildman–Crippen MR) is 109 cm³/mol. The van der Waals surface area contributed by atoms with Crippen molar-refractivity contribution in [1.82, 2.24) is 14.5 Å². The van der Waals surface area contributed by atoms with Gasteiger partial charge in [0.05, 0.1) is 5.39 Å². The zero-order chi connectivity index (χ0) is 19.4. The van der Waals surface area contributed by atoms with Crippen LogP contribution in [0.1, 0.15) is 66.7 Å². The highest BCUT2D eigenvalue weighted by atomic mass is 32.1. The number of fused-ring (bicyclic) bond motifs is 1. The van der Waals surface area contributed by atoms with E-state index < -0.39 is 0 Å². The third kappa shape index (κ3) is 2.99. The number of carbonyl (C=O) groups is 1. The van der Waals surface area contributed by atoms with Crippen molar-refractivity contribution in [1.29, 1.82) is 0 Å². The van der Waals surface area contributed by atoms with Crippen molar-refractivity contribution in [3.05, 3.63) is 26.6 Å². The van der Waals surface area contributed by atoms with Crippen molar-refractivity contribution in [2.24, 2.45) is 0 Å². The Morgan fingerprint density at radius 2 is 1.89 bits per heavy atom. The molecule has 0 aromatic carbocycles. The van der Waals surface area contributed by atoms with Crippen molar-refractivity contribution in [3.8, 4) is 0 Å². The summed E-state index contributed by atoms with van der Waals surface area (Å²) in [6.45, 7) is 6.18. The lowest BCUT2D eigenvalue weighted by Gasteiger charge is -2.34. The van der Waals surface area contributed by atoms with Crippen LogP contribution in [0.2, 0.25) is 0 Å². The minimum atomic E-state index is -0.254. The van der Waals surface area contributed by atoms with Gasteiger partial charge < -0.3 is 9.64 Å². The zero-order valence-electron chi connectivity index (χ0n) is 16.6. The summed E-state index contributed by atoms with van der Waals surface area (Å²) < 4.78 is 7.56. The maximum atomic E-state index is 13.5. The lowest BCUT2D eigenvalue weighted by Crippen LogP contribution is -2.45. The van der Waals surface area contributed by atoms with Gasteiger partial charge in [0, 0.05) is 36.5 Å². The van der Waals surface area contributed by atoms with Crippen LogP contribution in [-0.4, -0.2) is 46.2 Å². The Bertz CT molecular complexity index is 977. The number of aromatic nitrogens is 2. The van der Waals surface area contributed by atoms with Crippen LogP contribution in [0.5, 0.6) is 0 Å². The van der Waals surface area contributed by atoms with Crippen molar-refractivity contribution in [2.45, 2.75) is 70.4 Å². The summed E-state index contributed by atoms with van der Waals surface area (Å²) in [5, 5.41) is 0.796. The highest BCUT2D eigenvalue weighted by molar-refractivity contribution is 7.18. The number of ether oxygens (including phenoxy) is 1. The van der Waals surface area contributed by atoms with Gasteiger partial charge in [-0.3, -0.25) is 14.2 Å². The molecule has 3 fully saturated rings. The molecule has 1 aliphatic carbocycles. The molecule has 2 aliphatic heterocycles. The third-order valence-electron chi connectivity index (χ3n) is 6.55. The largest absolute Gasteiger partial charge is 0.368 e. The number of hydrogen-bond donors (Lipinski definition) is 0. The summed E-state index contributed by atoms with van der Waals surface area (Å²) in [5.74, 6) is 1.53. The Hall–Kier alpha value is -1.73. The molecule has 1 unspecified atom stereocenters. The Labute approximate surface area is 168 Å². The minimum Gasteiger partial charge on any atom is -0.368 e. The number of thiophene rings is 1. The monoisotopic (exact) mass is 401 g/mol. The van der Waals surface area contributed by atoms with Gasteiger partial charge in [-0.2, -0.15) is 0 Å². The molecule has 1 saturated carbocycles. The van der Waals surface area contributed by atoms with Crippen LogP contribution in [0.25, 0.3) is 10.2 Å². The van der Waals surface area contributed by atoms with E-state index in [0.29, 0.717) is 25.6 Å². The number of hydrogen-bond acceptors (Lipinski definition) is 5. The standard InChI is InChI=1S/C21H27N3O3S/c1-12-13(2)28-19-17(12)21(26)24(18(22-19)14-5-6-14)15-7-9-23(10-8-15)20(25)16-4-3-11-27-16/h14-16H,3-11H2,1-2H3. The predicted octanol–water partition coefficient (Wildman–Crippen LogP) is 3.29. The van der Waals surface area contributed by atoms with E-state index in [0.717, 1.165) is 60.1 Å². The van der Waals surface area contributed by atoms with Crippen LogP contribution in [0.15, 0.2) is 4.79 Å². The van der Waals surface area contributed by atoms with Crippen molar-refractivity contribution >= 4 is 27.5 Å². The quantitative estimate of drug-likeness (QED) is 0.792. The van der Waals surface area contributed by atoms with Crippen LogP contribution in [0.4, 0.5) is 0 Å². The number of amides is 1. The summed E-state index contributed by atoms with van der Waals surface area (Å²) in [4.78, 5) is 35.1. The fourth-order valence-electron chi connectivity index (χ4n) is 4.62. The fourth-order valence-corrected chi connectivity index (χ4v) is 5.65. The Kier molecular flexibility index (Phi) is 4.55. The molecule has 0 bridgehead atoms. The van der Waals surface area contributed by atoms with E-state index in [-0.39, 0.29) is 23.6 Å². The maximum absolute atomic E-state index is 13.5. The number of carbonyl (C=O) groups excluding carboxylic acids is 1. The molecule has 7 heteroatoms. The van der Waals surface area contributed by atoms with Crippen molar-refractivity contribution in [2.75, 3.05) is 19.7 Å². The number of rotatable bonds is 3. The Morgan fingerprint density at radius 1 is 1.14 bits per heavy atom. The van der Waals surface area contributed by atoms with Crippen molar-refractivity contribution < 1.29 is 9.53 Å². The molecule has 0 radical (unpaired) electrons. The van der Waals surface area contributed by atoms with Gasteiger partial charge in [-0.05, 0) is 57.9 Å². The lowest BCUT2D eigenvalue weighted by atomic mass is 10.0. The Balaban J connectivity index is 1.44. The first-order valence-electron chi connectivity index (χ1n) is 10.5. The highest BCUT2D eigenvalue weighted by Crippen LogP contribution is 2.41. The maximum Gasteiger partial charge on any atom is 0.262 e. The SMILES string of the molecule is Cc1sc2nc(C3CC3)n(C3CCN(C(=O)C4CCCO4)CC3)c(=O)c2c1C. The molecule has 6 nitrogen and oxygen atoms in total. The van der Waals surface area contributed by atoms with Crippen molar-refractivity contribution in [3.63, 3.8) is 0 Å². The molecule has 150 valence electrons. The molecule has 2 saturated heterocycles. The van der Waals surface area contributed by atoms with E-state index in [9.17, 15) is 9.59 Å². The van der Waals surface area contributed by atoms with E-state index >= 15 is 0 Å². The second-order valence-corrected chi connectivity index (χ2v) is 9.64. The van der Waals surface area contributed by atoms with Gasteiger partial charge in [0.15, 0.2) is 0 Å². The number of piperidine rings is 1. The second kappa shape index (κ2) is 6.95. The van der Waals surface area contributed by atoms with Gasteiger partial charge >= 0.3 is 0 Å². The van der Waals surface area contributed by atoms with Gasteiger partial charge in [0.2, 0.25) is 0 Å². The molecule has 3 aliphatic rings. The minimum absolute atomic E-state index is 0.123. The van der Waals surface area contributed by atoms with E-state index in [1.807, 2.05) is 16.4 Å². The van der Waals surface area contributed by atoms with Gasteiger partial charge in [0.25, 0.3) is 11.5 Å². The summed E-state index contributed by atoms with van der Waals surface area (Å²) >= 11 is 1.63. The van der Waals surface area contributed by atoms with Gasteiger partial charge in [0.1, 0.15) is 16.8 Å². The molecule has 0 spiro atoms. The van der Waals surface area contributed by atoms with Crippen LogP contribution < -0.4 is 5.56 Å². The zero-order valence-corrected chi connectivity index (χ0v) is 17.4. The topological polar surface area (TPSA) is 64.4 Å². The highest BCUT2D eigenvalue weighted by Gasteiger charge is 2.35. The van der Waals surface area contributed by atoms with E-state index in [4.69, 9.17) is 9.72 Å². The number of aryl methyl sites for hydroxylation is 2. The average molecular weight is 402 g/mol. The first kappa shape index (κ1) is 18.3. The molecule has 28 heavy (non-hydrogen) atoms. The number of likely N-dealkylation sites (tertiary alicyclic amines) is 1. The van der Waals surface area contributed by atoms with Crippen LogP contribution in [-0.2, 0) is 9.53 Å². The van der Waals surface area contributed by atoms with E-state index in [1.165, 1.54) is 4.88 Å². The van der Waals surface area contributed by atoms with E-state index in [2.05, 4.69) is 6.92 Å². The van der Waals surface area contributed by atoms with Crippen LogP contribution in [0.3, 0.4) is 0 Å². The molecule has 1 atom stereocenters. The first-order valence-corrected chi connectivity index (χ1v) is 11.3. The van der Waals surface area contributed by atoms with Crippen LogP contribution >= 0.6 is 11.3 Å². The summed E-state index contributed by atoms with van der Waals surface area (Å²) in [6, 6.07) is 0.133. The summed E-state index contributed by atoms with van der Waals surface area (Å²) in [7, 11) is 0. The van der Waals surface area contributed by atoms with E-state index in [1.54, 1.807) is 11.3 Å². The van der Waals surface area contributed by atoms with Crippen LogP contribution in [0, 0.1) is 13.8 Å². The molecule has 1 amide bonds. The lowest BCUT2D eigenvalue weighted by molar-refractivity contribution is -0.142. The van der Waals surface area contributed by atoms with Gasteiger partial charge in [-0.15, -0.1) is 11.3 Å². The third-order valence-corrected chi connectivity index (χ3v) is 7.65. The average Bonchev–Trinajstić information content (AvgIpc) is 3.31. The molecule has 2 aromatic heterocycles. The molecule has 0 N–H and O–H groups in total. The van der Waals surface area contributed by atoms with Gasteiger partial charge in [-0.25, -0.2) is 4.98 Å². The first-order chi connectivity index (χ1) is 13.5. The number of nitrogens with zero attached hydrogens (tertiary/aromatic N) is 3. The smallest absolute Gasteiger partial charge is 0.262 e. The van der Waals surface area contributed by atoms with Gasteiger partial charge in [-0.1, -0.05) is 0 Å². The molecule has 4 heterocycles. The second-order valence-electron chi connectivity index (χ2n) is 8.44.